The molecule has 1 aromatic rings. The zero-order valence-electron chi connectivity index (χ0n) is 12.3. The smallest absolute Gasteiger partial charge is 0.240 e. The van der Waals surface area contributed by atoms with Gasteiger partial charge in [-0.2, -0.15) is 0 Å². The molecule has 5 nitrogen and oxygen atoms in total. The number of nitrogens with one attached hydrogen (secondary N) is 2. The lowest BCUT2D eigenvalue weighted by Gasteiger charge is -2.14. The van der Waals surface area contributed by atoms with E-state index in [4.69, 9.17) is 0 Å². The van der Waals surface area contributed by atoms with Crippen LogP contribution in [0.1, 0.15) is 30.4 Å². The molecule has 0 bridgehead atoms. The molecule has 0 unspecified atom stereocenters. The largest absolute Gasteiger partial charge is 0.309 e. The van der Waals surface area contributed by atoms with E-state index in [1.165, 1.54) is 18.4 Å². The van der Waals surface area contributed by atoms with Crippen LogP contribution < -0.4 is 10.0 Å². The van der Waals surface area contributed by atoms with Crippen molar-refractivity contribution in [2.45, 2.75) is 37.2 Å². The molecule has 1 fully saturated rings. The summed E-state index contributed by atoms with van der Waals surface area (Å²) >= 11 is 0. The Hall–Kier alpha value is -0.950. The predicted octanol–water partition coefficient (Wildman–Crippen LogP) is 1.05. The first-order valence-corrected chi connectivity index (χ1v) is 9.18. The fraction of sp³-hybridized carbons (Fsp3) is 0.600. The molecule has 2 N–H and O–H groups in total. The van der Waals surface area contributed by atoms with E-state index in [1.54, 1.807) is 12.1 Å². The van der Waals surface area contributed by atoms with Crippen molar-refractivity contribution < 1.29 is 8.42 Å². The van der Waals surface area contributed by atoms with Gasteiger partial charge in [-0.15, -0.1) is 0 Å². The highest BCUT2D eigenvalue weighted by Crippen LogP contribution is 2.19. The van der Waals surface area contributed by atoms with Crippen LogP contribution in [0.2, 0.25) is 0 Å². The fourth-order valence-corrected chi connectivity index (χ4v) is 4.16. The highest BCUT2D eigenvalue weighted by atomic mass is 32.2. The molecule has 0 radical (unpaired) electrons. The first-order valence-electron chi connectivity index (χ1n) is 7.70. The second-order valence-corrected chi connectivity index (χ2v) is 7.60. The van der Waals surface area contributed by atoms with Gasteiger partial charge in [-0.05, 0) is 62.2 Å². The van der Waals surface area contributed by atoms with Crippen LogP contribution in [0.15, 0.2) is 23.1 Å². The van der Waals surface area contributed by atoms with Crippen molar-refractivity contribution >= 4 is 10.0 Å². The van der Waals surface area contributed by atoms with Crippen molar-refractivity contribution in [1.29, 1.82) is 0 Å². The summed E-state index contributed by atoms with van der Waals surface area (Å²) in [4.78, 5) is 2.78. The molecule has 0 saturated carbocycles. The normalized spacial score (nSPS) is 19.0. The van der Waals surface area contributed by atoms with Crippen molar-refractivity contribution in [2.24, 2.45) is 0 Å². The summed E-state index contributed by atoms with van der Waals surface area (Å²) in [6.07, 6.45) is 3.41. The van der Waals surface area contributed by atoms with E-state index in [1.807, 2.05) is 6.07 Å². The van der Waals surface area contributed by atoms with Crippen molar-refractivity contribution in [1.82, 2.24) is 14.9 Å². The average Bonchev–Trinajstić information content (AvgIpc) is 3.13. The summed E-state index contributed by atoms with van der Waals surface area (Å²) in [7, 11) is -3.37. The Bertz CT molecular complexity index is 595. The maximum atomic E-state index is 12.3. The van der Waals surface area contributed by atoms with Crippen LogP contribution in [-0.2, 0) is 23.1 Å². The minimum absolute atomic E-state index is 0.381. The highest BCUT2D eigenvalue weighted by Gasteiger charge is 2.18. The van der Waals surface area contributed by atoms with Crippen molar-refractivity contribution in [3.05, 3.63) is 29.3 Å². The lowest BCUT2D eigenvalue weighted by molar-refractivity contribution is 0.334. The number of sulfonamides is 1. The third-order valence-corrected chi connectivity index (χ3v) is 5.72. The van der Waals surface area contributed by atoms with Gasteiger partial charge in [-0.1, -0.05) is 6.07 Å². The van der Waals surface area contributed by atoms with Crippen LogP contribution in [0.4, 0.5) is 0 Å². The molecule has 0 aliphatic carbocycles. The Morgan fingerprint density at radius 1 is 1.14 bits per heavy atom. The van der Waals surface area contributed by atoms with Crippen LogP contribution in [0.5, 0.6) is 0 Å². The van der Waals surface area contributed by atoms with Gasteiger partial charge >= 0.3 is 0 Å². The first kappa shape index (κ1) is 15.0. The molecule has 3 rings (SSSR count). The van der Waals surface area contributed by atoms with Crippen molar-refractivity contribution in [3.8, 4) is 0 Å². The van der Waals surface area contributed by atoms with E-state index in [2.05, 4.69) is 14.9 Å². The lowest BCUT2D eigenvalue weighted by Crippen LogP contribution is -2.28. The summed E-state index contributed by atoms with van der Waals surface area (Å²) in [6, 6.07) is 5.40. The van der Waals surface area contributed by atoms with Gasteiger partial charge < -0.3 is 10.2 Å². The maximum Gasteiger partial charge on any atom is 0.240 e. The summed E-state index contributed by atoms with van der Waals surface area (Å²) in [5, 5.41) is 3.23. The lowest BCUT2D eigenvalue weighted by atomic mass is 10.1. The zero-order valence-corrected chi connectivity index (χ0v) is 13.1. The molecule has 6 heteroatoms. The maximum absolute atomic E-state index is 12.3. The number of likely N-dealkylation sites (tertiary alicyclic amines) is 1. The molecule has 0 amide bonds. The van der Waals surface area contributed by atoms with Gasteiger partial charge in [0.25, 0.3) is 0 Å². The number of benzene rings is 1. The highest BCUT2D eigenvalue weighted by molar-refractivity contribution is 7.89. The van der Waals surface area contributed by atoms with Gasteiger partial charge in [-0.25, -0.2) is 13.1 Å². The third-order valence-electron chi connectivity index (χ3n) is 4.26. The third kappa shape index (κ3) is 3.63. The number of hydrogen-bond donors (Lipinski definition) is 2. The van der Waals surface area contributed by atoms with Crippen LogP contribution in [0.25, 0.3) is 0 Å². The minimum atomic E-state index is -3.37. The SMILES string of the molecule is O=S(=O)(NCCCN1CCCC1)c1ccc2c(c1)CNC2. The molecule has 0 atom stereocenters. The molecular weight excluding hydrogens is 286 g/mol. The molecule has 0 aromatic heterocycles. The quantitative estimate of drug-likeness (QED) is 0.771. The second kappa shape index (κ2) is 6.44. The van der Waals surface area contributed by atoms with Gasteiger partial charge in [0.1, 0.15) is 0 Å². The summed E-state index contributed by atoms with van der Waals surface area (Å²) in [5.41, 5.74) is 2.29. The van der Waals surface area contributed by atoms with E-state index < -0.39 is 10.0 Å². The molecule has 1 saturated heterocycles. The summed E-state index contributed by atoms with van der Waals surface area (Å²) < 4.78 is 27.3. The molecule has 2 aliphatic heterocycles. The Labute approximate surface area is 126 Å². The molecule has 21 heavy (non-hydrogen) atoms. The molecule has 116 valence electrons. The van der Waals surface area contributed by atoms with E-state index >= 15 is 0 Å². The predicted molar refractivity (Wildman–Crippen MR) is 82.5 cm³/mol. The number of fused-ring (bicyclic) bond motifs is 1. The van der Waals surface area contributed by atoms with Gasteiger partial charge in [0.05, 0.1) is 4.90 Å². The molecule has 1 aromatic carbocycles. The van der Waals surface area contributed by atoms with Crippen LogP contribution in [0, 0.1) is 0 Å². The number of hydrogen-bond acceptors (Lipinski definition) is 4. The Balaban J connectivity index is 1.53. The van der Waals surface area contributed by atoms with E-state index in [9.17, 15) is 8.42 Å². The Morgan fingerprint density at radius 2 is 1.90 bits per heavy atom. The summed E-state index contributed by atoms with van der Waals surface area (Å²) in [5.74, 6) is 0. The Morgan fingerprint density at radius 3 is 2.71 bits per heavy atom. The van der Waals surface area contributed by atoms with Crippen molar-refractivity contribution in [3.63, 3.8) is 0 Å². The standard InChI is InChI=1S/C15H23N3O2S/c19-21(20,17-6-3-9-18-7-1-2-8-18)15-5-4-13-11-16-12-14(13)10-15/h4-5,10,16-17H,1-3,6-9,11-12H2. The van der Waals surface area contributed by atoms with Gasteiger partial charge in [0.15, 0.2) is 0 Å². The van der Waals surface area contributed by atoms with Gasteiger partial charge in [0, 0.05) is 19.6 Å². The number of rotatable bonds is 6. The molecular formula is C15H23N3O2S. The van der Waals surface area contributed by atoms with Crippen LogP contribution >= 0.6 is 0 Å². The monoisotopic (exact) mass is 309 g/mol. The zero-order chi connectivity index (χ0) is 14.7. The average molecular weight is 309 g/mol. The van der Waals surface area contributed by atoms with Crippen LogP contribution in [-0.4, -0.2) is 39.5 Å². The van der Waals surface area contributed by atoms with E-state index in [-0.39, 0.29) is 0 Å². The molecule has 2 aliphatic rings. The molecule has 2 heterocycles. The molecule has 0 spiro atoms. The van der Waals surface area contributed by atoms with Crippen LogP contribution in [0.3, 0.4) is 0 Å². The Kier molecular flexibility index (Phi) is 4.59. The second-order valence-electron chi connectivity index (χ2n) is 5.83. The van der Waals surface area contributed by atoms with Gasteiger partial charge in [0.2, 0.25) is 10.0 Å². The fourth-order valence-electron chi connectivity index (χ4n) is 3.04. The van der Waals surface area contributed by atoms with E-state index in [0.717, 1.165) is 44.7 Å². The summed E-state index contributed by atoms with van der Waals surface area (Å²) in [6.45, 7) is 5.40. The van der Waals surface area contributed by atoms with E-state index in [0.29, 0.717) is 11.4 Å². The van der Waals surface area contributed by atoms with Gasteiger partial charge in [-0.3, -0.25) is 0 Å². The number of nitrogens with zero attached hydrogens (tertiary/aromatic N) is 1. The first-order chi connectivity index (χ1) is 10.1. The topological polar surface area (TPSA) is 61.4 Å². The minimum Gasteiger partial charge on any atom is -0.309 e. The van der Waals surface area contributed by atoms with Crippen molar-refractivity contribution in [2.75, 3.05) is 26.2 Å².